The van der Waals surface area contributed by atoms with E-state index in [0.717, 1.165) is 48.8 Å². The Bertz CT molecular complexity index is 1240. The largest absolute Gasteiger partial charge is 0.463 e. The minimum atomic E-state index is -0.166. The number of ether oxygens (including phenoxy) is 1. The number of carbonyl (C=O) groups excluding carboxylic acids is 1. The highest BCUT2D eigenvalue weighted by Crippen LogP contribution is 2.42. The number of hydrogen-bond donors (Lipinski definition) is 0. The Balaban J connectivity index is 1.73. The van der Waals surface area contributed by atoms with Gasteiger partial charge in [-0.1, -0.05) is 47.5 Å². The van der Waals surface area contributed by atoms with E-state index in [1.807, 2.05) is 25.1 Å². The van der Waals surface area contributed by atoms with Crippen LogP contribution in [0.2, 0.25) is 10.0 Å². The highest BCUT2D eigenvalue weighted by molar-refractivity contribution is 6.35. The van der Waals surface area contributed by atoms with Gasteiger partial charge in [0.2, 0.25) is 0 Å². The van der Waals surface area contributed by atoms with Gasteiger partial charge < -0.3 is 9.30 Å². The Morgan fingerprint density at radius 3 is 2.69 bits per heavy atom. The Kier molecular flexibility index (Phi) is 6.05. The molecule has 5 heteroatoms. The summed E-state index contributed by atoms with van der Waals surface area (Å²) in [7, 11) is 0. The fourth-order valence-corrected chi connectivity index (χ4v) is 5.88. The molecule has 3 aromatic rings. The van der Waals surface area contributed by atoms with Crippen LogP contribution in [0.25, 0.3) is 16.5 Å². The van der Waals surface area contributed by atoms with E-state index in [4.69, 9.17) is 27.9 Å². The summed E-state index contributed by atoms with van der Waals surface area (Å²) in [5, 5.41) is 2.65. The van der Waals surface area contributed by atoms with Crippen molar-refractivity contribution in [2.45, 2.75) is 58.4 Å². The third-order valence-electron chi connectivity index (χ3n) is 6.80. The second kappa shape index (κ2) is 8.96. The van der Waals surface area contributed by atoms with Crippen LogP contribution in [0.5, 0.6) is 0 Å². The van der Waals surface area contributed by atoms with Crippen LogP contribution in [0.3, 0.4) is 0 Å². The smallest absolute Gasteiger partial charge is 0.334 e. The zero-order valence-corrected chi connectivity index (χ0v) is 19.9. The number of aromatic nitrogens is 1. The molecule has 2 aliphatic carbocycles. The minimum absolute atomic E-state index is 0.166. The van der Waals surface area contributed by atoms with Gasteiger partial charge in [-0.25, -0.2) is 4.79 Å². The number of para-hydroxylation sites is 1. The van der Waals surface area contributed by atoms with Crippen molar-refractivity contribution >= 4 is 45.6 Å². The molecule has 3 nitrogen and oxygen atoms in total. The lowest BCUT2D eigenvalue weighted by Gasteiger charge is -2.18. The fraction of sp³-hybridized carbons (Fsp3) is 0.370. The Morgan fingerprint density at radius 2 is 1.88 bits per heavy atom. The highest BCUT2D eigenvalue weighted by Gasteiger charge is 2.28. The van der Waals surface area contributed by atoms with Crippen molar-refractivity contribution in [2.24, 2.45) is 0 Å². The number of allylic oxidation sites excluding steroid dienone is 1. The van der Waals surface area contributed by atoms with E-state index in [9.17, 15) is 4.79 Å². The summed E-state index contributed by atoms with van der Waals surface area (Å²) in [5.74, 6) is -0.166. The quantitative estimate of drug-likeness (QED) is 0.366. The molecule has 0 bridgehead atoms. The maximum atomic E-state index is 12.7. The first-order chi connectivity index (χ1) is 15.6. The normalized spacial score (nSPS) is 16.0. The maximum absolute atomic E-state index is 12.7. The maximum Gasteiger partial charge on any atom is 0.334 e. The van der Waals surface area contributed by atoms with Crippen molar-refractivity contribution in [2.75, 3.05) is 6.61 Å². The van der Waals surface area contributed by atoms with Gasteiger partial charge >= 0.3 is 5.97 Å². The van der Waals surface area contributed by atoms with Crippen molar-refractivity contribution in [1.82, 2.24) is 4.57 Å². The standard InChI is InChI=1S/C27H27Cl2NO2/c1-2-32-27(31)23-11-5-8-19(23)21-9-6-10-22-20-7-3-4-12-25(20)30(26(21)22)16-17-13-14-18(28)15-24(17)29/h6,9-10,13-15H,2-5,7-8,11-12,16H2,1H3. The van der Waals surface area contributed by atoms with Gasteiger partial charge in [-0.05, 0) is 80.7 Å². The first-order valence-electron chi connectivity index (χ1n) is 11.5. The van der Waals surface area contributed by atoms with Gasteiger partial charge in [-0.3, -0.25) is 0 Å². The molecule has 0 spiro atoms. The first kappa shape index (κ1) is 21.6. The van der Waals surface area contributed by atoms with Crippen LogP contribution in [0.1, 0.15) is 61.4 Å². The molecule has 0 fully saturated rings. The molecule has 166 valence electrons. The van der Waals surface area contributed by atoms with E-state index in [0.29, 0.717) is 23.2 Å². The predicted octanol–water partition coefficient (Wildman–Crippen LogP) is 7.38. The van der Waals surface area contributed by atoms with Crippen molar-refractivity contribution in [3.8, 4) is 0 Å². The molecule has 1 heterocycles. The Morgan fingerprint density at radius 1 is 1.03 bits per heavy atom. The van der Waals surface area contributed by atoms with Gasteiger partial charge in [0.25, 0.3) is 0 Å². The SMILES string of the molecule is CCOC(=O)C1=C(c2cccc3c4c(n(Cc5ccc(Cl)cc5Cl)c23)CCCC4)CCC1. The van der Waals surface area contributed by atoms with Crippen LogP contribution in [0.15, 0.2) is 42.0 Å². The zero-order chi connectivity index (χ0) is 22.2. The molecule has 2 aliphatic rings. The predicted molar refractivity (Wildman–Crippen MR) is 132 cm³/mol. The summed E-state index contributed by atoms with van der Waals surface area (Å²) in [6.45, 7) is 2.96. The Labute approximate surface area is 199 Å². The molecular formula is C27H27Cl2NO2. The average molecular weight is 468 g/mol. The molecular weight excluding hydrogens is 441 g/mol. The van der Waals surface area contributed by atoms with Gasteiger partial charge in [0.05, 0.1) is 12.1 Å². The van der Waals surface area contributed by atoms with E-state index < -0.39 is 0 Å². The number of benzene rings is 2. The topological polar surface area (TPSA) is 31.2 Å². The third kappa shape index (κ3) is 3.76. The minimum Gasteiger partial charge on any atom is -0.463 e. The summed E-state index contributed by atoms with van der Waals surface area (Å²) in [4.78, 5) is 12.7. The van der Waals surface area contributed by atoms with Crippen LogP contribution < -0.4 is 0 Å². The second-order valence-corrected chi connectivity index (χ2v) is 9.53. The summed E-state index contributed by atoms with van der Waals surface area (Å²) in [6, 6.07) is 12.3. The van der Waals surface area contributed by atoms with E-state index in [2.05, 4.69) is 22.8 Å². The van der Waals surface area contributed by atoms with Crippen molar-refractivity contribution in [1.29, 1.82) is 0 Å². The van der Waals surface area contributed by atoms with Crippen molar-refractivity contribution < 1.29 is 9.53 Å². The first-order valence-corrected chi connectivity index (χ1v) is 12.3. The van der Waals surface area contributed by atoms with Crippen molar-refractivity contribution in [3.63, 3.8) is 0 Å². The van der Waals surface area contributed by atoms with E-state index >= 15 is 0 Å². The number of hydrogen-bond acceptors (Lipinski definition) is 2. The van der Waals surface area contributed by atoms with Crippen LogP contribution in [0.4, 0.5) is 0 Å². The molecule has 0 saturated heterocycles. The van der Waals surface area contributed by atoms with E-state index in [-0.39, 0.29) is 5.97 Å². The van der Waals surface area contributed by atoms with Gasteiger partial charge in [-0.2, -0.15) is 0 Å². The van der Waals surface area contributed by atoms with Gasteiger partial charge in [0, 0.05) is 38.8 Å². The Hall–Kier alpha value is -2.23. The molecule has 0 aliphatic heterocycles. The molecule has 2 aromatic carbocycles. The molecule has 0 atom stereocenters. The fourth-order valence-electron chi connectivity index (χ4n) is 5.41. The van der Waals surface area contributed by atoms with E-state index in [1.54, 1.807) is 0 Å². The molecule has 0 N–H and O–H groups in total. The number of nitrogens with zero attached hydrogens (tertiary/aromatic N) is 1. The lowest BCUT2D eigenvalue weighted by Crippen LogP contribution is -2.10. The number of halogens is 2. The number of aryl methyl sites for hydroxylation is 1. The van der Waals surface area contributed by atoms with E-state index in [1.165, 1.54) is 40.6 Å². The van der Waals surface area contributed by atoms with Crippen LogP contribution in [-0.4, -0.2) is 17.1 Å². The number of esters is 1. The molecule has 0 saturated carbocycles. The number of fused-ring (bicyclic) bond motifs is 3. The molecule has 0 amide bonds. The molecule has 0 radical (unpaired) electrons. The molecule has 0 unspecified atom stereocenters. The summed E-state index contributed by atoms with van der Waals surface area (Å²) in [5.41, 5.74) is 8.30. The van der Waals surface area contributed by atoms with Crippen molar-refractivity contribution in [3.05, 3.63) is 74.4 Å². The summed E-state index contributed by atoms with van der Waals surface area (Å²) in [6.07, 6.45) is 7.26. The zero-order valence-electron chi connectivity index (χ0n) is 18.3. The van der Waals surface area contributed by atoms with Crippen LogP contribution in [-0.2, 0) is 28.9 Å². The summed E-state index contributed by atoms with van der Waals surface area (Å²) < 4.78 is 7.84. The van der Waals surface area contributed by atoms with Gasteiger partial charge in [0.1, 0.15) is 0 Å². The summed E-state index contributed by atoms with van der Waals surface area (Å²) >= 11 is 12.7. The average Bonchev–Trinajstić information content (AvgIpc) is 3.40. The second-order valence-electron chi connectivity index (χ2n) is 8.69. The third-order valence-corrected chi connectivity index (χ3v) is 7.39. The number of rotatable bonds is 5. The molecule has 32 heavy (non-hydrogen) atoms. The highest BCUT2D eigenvalue weighted by atomic mass is 35.5. The lowest BCUT2D eigenvalue weighted by molar-refractivity contribution is -0.138. The monoisotopic (exact) mass is 467 g/mol. The molecule has 1 aromatic heterocycles. The van der Waals surface area contributed by atoms with Gasteiger partial charge in [-0.15, -0.1) is 0 Å². The van der Waals surface area contributed by atoms with Crippen LogP contribution >= 0.6 is 23.2 Å². The van der Waals surface area contributed by atoms with Crippen LogP contribution in [0, 0.1) is 0 Å². The van der Waals surface area contributed by atoms with Gasteiger partial charge in [0.15, 0.2) is 0 Å². The molecule has 5 rings (SSSR count). The number of carbonyl (C=O) groups is 1. The lowest BCUT2D eigenvalue weighted by atomic mass is 9.94.